The Balaban J connectivity index is 3.35. The Morgan fingerprint density at radius 1 is 0.488 bits per heavy atom. The highest BCUT2D eigenvalue weighted by Gasteiger charge is 2.07. The average Bonchev–Trinajstić information content (AvgIpc) is 2.98. The number of nitrogens with zero attached hydrogens (tertiary/aromatic N) is 1. The molecule has 41 heavy (non-hydrogen) atoms. The SMILES string of the molecule is CCCCCCCC/C=C\CCCCCCCCNC(=O)N(S)CCCCCCCC/C=C\CCCCCCCC. The van der Waals surface area contributed by atoms with E-state index < -0.39 is 0 Å². The quantitative estimate of drug-likeness (QED) is 0.0454. The topological polar surface area (TPSA) is 32.3 Å². The zero-order chi connectivity index (χ0) is 29.9. The maximum Gasteiger partial charge on any atom is 0.327 e. The van der Waals surface area contributed by atoms with Crippen molar-refractivity contribution in [2.75, 3.05) is 13.1 Å². The van der Waals surface area contributed by atoms with Gasteiger partial charge in [-0.05, 0) is 64.2 Å². The molecule has 0 rings (SSSR count). The van der Waals surface area contributed by atoms with Crippen LogP contribution in [0.1, 0.15) is 194 Å². The molecular weight excluding hydrogens is 520 g/mol. The molecule has 3 nitrogen and oxygen atoms in total. The molecule has 0 aliphatic carbocycles. The average molecular weight is 593 g/mol. The van der Waals surface area contributed by atoms with Crippen LogP contribution in [0.2, 0.25) is 0 Å². The van der Waals surface area contributed by atoms with Crippen LogP contribution < -0.4 is 5.32 Å². The van der Waals surface area contributed by atoms with Gasteiger partial charge in [-0.25, -0.2) is 4.79 Å². The van der Waals surface area contributed by atoms with Gasteiger partial charge in [-0.2, -0.15) is 0 Å². The normalized spacial score (nSPS) is 11.7. The molecule has 0 radical (unpaired) electrons. The van der Waals surface area contributed by atoms with Gasteiger partial charge in [0.2, 0.25) is 0 Å². The van der Waals surface area contributed by atoms with Gasteiger partial charge in [0.25, 0.3) is 0 Å². The Morgan fingerprint density at radius 3 is 1.20 bits per heavy atom. The Hall–Kier alpha value is -0.900. The van der Waals surface area contributed by atoms with Crippen molar-refractivity contribution in [2.45, 2.75) is 194 Å². The smallest absolute Gasteiger partial charge is 0.327 e. The first-order valence-corrected chi connectivity index (χ1v) is 18.7. The highest BCUT2D eigenvalue weighted by Crippen LogP contribution is 2.12. The number of carbonyl (C=O) groups is 1. The number of rotatable bonds is 32. The summed E-state index contributed by atoms with van der Waals surface area (Å²) in [5, 5.41) is 3.03. The number of hydrogen-bond donors (Lipinski definition) is 2. The second-order valence-electron chi connectivity index (χ2n) is 12.2. The summed E-state index contributed by atoms with van der Waals surface area (Å²) in [4.78, 5) is 12.2. The second-order valence-corrected chi connectivity index (χ2v) is 12.7. The molecule has 0 aliphatic rings. The van der Waals surface area contributed by atoms with Gasteiger partial charge in [0.1, 0.15) is 0 Å². The Labute approximate surface area is 263 Å². The minimum Gasteiger partial charge on any atom is -0.337 e. The van der Waals surface area contributed by atoms with Crippen molar-refractivity contribution in [1.82, 2.24) is 9.62 Å². The number of urea groups is 1. The first-order valence-electron chi connectivity index (χ1n) is 18.3. The lowest BCUT2D eigenvalue weighted by Crippen LogP contribution is -2.35. The van der Waals surface area contributed by atoms with Gasteiger partial charge in [-0.1, -0.05) is 167 Å². The molecule has 0 aromatic heterocycles. The lowest BCUT2D eigenvalue weighted by atomic mass is 10.1. The zero-order valence-corrected chi connectivity index (χ0v) is 28.7. The van der Waals surface area contributed by atoms with Crippen LogP contribution >= 0.6 is 12.8 Å². The van der Waals surface area contributed by atoms with E-state index in [1.807, 2.05) is 0 Å². The monoisotopic (exact) mass is 593 g/mol. The van der Waals surface area contributed by atoms with Crippen LogP contribution in [0.25, 0.3) is 0 Å². The number of allylic oxidation sites excluding steroid dienone is 4. The molecule has 0 atom stereocenters. The maximum atomic E-state index is 12.2. The number of unbranched alkanes of at least 4 members (excludes halogenated alkanes) is 24. The van der Waals surface area contributed by atoms with E-state index in [9.17, 15) is 4.79 Å². The van der Waals surface area contributed by atoms with Crippen LogP contribution in [0.4, 0.5) is 4.79 Å². The molecule has 0 spiro atoms. The van der Waals surface area contributed by atoms with Crippen molar-refractivity contribution in [1.29, 1.82) is 0 Å². The lowest BCUT2D eigenvalue weighted by Gasteiger charge is -2.16. The van der Waals surface area contributed by atoms with Crippen LogP contribution in [-0.4, -0.2) is 23.4 Å². The molecule has 0 fully saturated rings. The summed E-state index contributed by atoms with van der Waals surface area (Å²) in [6.07, 6.45) is 46.1. The number of thiol groups is 1. The Kier molecular flexibility index (Phi) is 34.5. The van der Waals surface area contributed by atoms with Crippen LogP contribution in [0.3, 0.4) is 0 Å². The van der Waals surface area contributed by atoms with E-state index in [2.05, 4.69) is 56.3 Å². The van der Waals surface area contributed by atoms with Crippen molar-refractivity contribution in [2.24, 2.45) is 0 Å². The van der Waals surface area contributed by atoms with Gasteiger partial charge in [0.05, 0.1) is 0 Å². The second kappa shape index (κ2) is 35.3. The number of nitrogens with one attached hydrogen (secondary N) is 1. The molecule has 2 amide bonds. The van der Waals surface area contributed by atoms with Crippen molar-refractivity contribution < 1.29 is 4.79 Å². The predicted molar refractivity (Wildman–Crippen MR) is 188 cm³/mol. The van der Waals surface area contributed by atoms with E-state index in [0.717, 1.165) is 25.9 Å². The van der Waals surface area contributed by atoms with Crippen molar-refractivity contribution in [3.05, 3.63) is 24.3 Å². The Morgan fingerprint density at radius 2 is 0.805 bits per heavy atom. The predicted octanol–water partition coefficient (Wildman–Crippen LogP) is 12.9. The van der Waals surface area contributed by atoms with Crippen molar-refractivity contribution in [3.8, 4) is 0 Å². The van der Waals surface area contributed by atoms with Crippen LogP contribution in [-0.2, 0) is 0 Å². The van der Waals surface area contributed by atoms with Crippen LogP contribution in [0.5, 0.6) is 0 Å². The van der Waals surface area contributed by atoms with Crippen molar-refractivity contribution >= 4 is 18.8 Å². The van der Waals surface area contributed by atoms with E-state index in [0.29, 0.717) is 0 Å². The van der Waals surface area contributed by atoms with Gasteiger partial charge >= 0.3 is 6.03 Å². The van der Waals surface area contributed by atoms with E-state index in [1.165, 1.54) is 167 Å². The fourth-order valence-electron chi connectivity index (χ4n) is 5.27. The number of hydrogen-bond acceptors (Lipinski definition) is 2. The molecule has 4 heteroatoms. The van der Waals surface area contributed by atoms with Gasteiger partial charge in [-0.15, -0.1) is 0 Å². The third-order valence-electron chi connectivity index (χ3n) is 8.08. The molecule has 0 aromatic carbocycles. The van der Waals surface area contributed by atoms with Gasteiger partial charge in [0.15, 0.2) is 0 Å². The summed E-state index contributed by atoms with van der Waals surface area (Å²) in [5.41, 5.74) is 0. The summed E-state index contributed by atoms with van der Waals surface area (Å²) in [6, 6.07) is -0.0335. The molecule has 242 valence electrons. The Bertz CT molecular complexity index is 577. The lowest BCUT2D eigenvalue weighted by molar-refractivity contribution is 0.225. The summed E-state index contributed by atoms with van der Waals surface area (Å²) in [6.45, 7) is 6.07. The summed E-state index contributed by atoms with van der Waals surface area (Å²) in [7, 11) is 0. The molecule has 0 unspecified atom stereocenters. The zero-order valence-electron chi connectivity index (χ0n) is 27.8. The fourth-order valence-corrected chi connectivity index (χ4v) is 5.48. The number of carbonyl (C=O) groups excluding carboxylic acids is 1. The van der Waals surface area contributed by atoms with E-state index in [-0.39, 0.29) is 6.03 Å². The first kappa shape index (κ1) is 40.1. The molecule has 0 aliphatic heterocycles. The third kappa shape index (κ3) is 33.5. The molecule has 1 N–H and O–H groups in total. The maximum absolute atomic E-state index is 12.2. The van der Waals surface area contributed by atoms with Gasteiger partial charge < -0.3 is 5.32 Å². The number of amides is 2. The molecule has 0 aromatic rings. The van der Waals surface area contributed by atoms with Gasteiger partial charge in [0, 0.05) is 13.1 Å². The summed E-state index contributed by atoms with van der Waals surface area (Å²) in [5.74, 6) is 0. The van der Waals surface area contributed by atoms with Gasteiger partial charge in [-0.3, -0.25) is 4.31 Å². The highest BCUT2D eigenvalue weighted by atomic mass is 32.1. The molecule has 0 saturated heterocycles. The van der Waals surface area contributed by atoms with E-state index in [4.69, 9.17) is 0 Å². The highest BCUT2D eigenvalue weighted by molar-refractivity contribution is 7.78. The van der Waals surface area contributed by atoms with Crippen LogP contribution in [0, 0.1) is 0 Å². The largest absolute Gasteiger partial charge is 0.337 e. The molecule has 0 bridgehead atoms. The minimum atomic E-state index is -0.0335. The minimum absolute atomic E-state index is 0.0335. The van der Waals surface area contributed by atoms with E-state index >= 15 is 0 Å². The molecule has 0 heterocycles. The molecular formula is C37H72N2OS. The third-order valence-corrected chi connectivity index (χ3v) is 8.46. The fraction of sp³-hybridized carbons (Fsp3) is 0.865. The van der Waals surface area contributed by atoms with E-state index in [1.54, 1.807) is 4.31 Å². The van der Waals surface area contributed by atoms with Crippen LogP contribution in [0.15, 0.2) is 24.3 Å². The summed E-state index contributed by atoms with van der Waals surface area (Å²) >= 11 is 4.40. The summed E-state index contributed by atoms with van der Waals surface area (Å²) < 4.78 is 1.56. The van der Waals surface area contributed by atoms with Crippen molar-refractivity contribution in [3.63, 3.8) is 0 Å². The standard InChI is InChI=1S/C37H72N2OS/c1-3-5-7-9-11-13-15-17-19-21-23-25-27-29-31-33-35-38-37(40)39(41)36-34-32-30-28-26-24-22-20-18-16-14-12-10-8-6-4-2/h17-20,41H,3-16,21-36H2,1-2H3,(H,38,40)/b19-17-,20-18-. The molecule has 0 saturated carbocycles. The first-order chi connectivity index (χ1) is 20.2.